The van der Waals surface area contributed by atoms with Gasteiger partial charge in [0.15, 0.2) is 0 Å². The number of aliphatic hydroxyl groups is 1. The molecule has 0 saturated carbocycles. The van der Waals surface area contributed by atoms with Crippen LogP contribution in [0.1, 0.15) is 31.1 Å². The number of hydrogen-bond acceptors (Lipinski definition) is 2. The number of halogens is 1. The standard InChI is InChI=1S/C17H20FNO/c1-4-19(14-8-6-5-7-9-14)17-10-12(2)16(18)11-15(17)13(3)20/h5-11,13,20H,4H2,1-3H3/t13-/m0/s1. The van der Waals surface area contributed by atoms with Crippen molar-refractivity contribution in [3.8, 4) is 0 Å². The van der Waals surface area contributed by atoms with Crippen LogP contribution in [0.4, 0.5) is 15.8 Å². The Kier molecular flexibility index (Phi) is 4.40. The van der Waals surface area contributed by atoms with Gasteiger partial charge in [-0.1, -0.05) is 18.2 Å². The molecule has 20 heavy (non-hydrogen) atoms. The lowest BCUT2D eigenvalue weighted by Gasteiger charge is -2.27. The van der Waals surface area contributed by atoms with Crippen molar-refractivity contribution in [2.75, 3.05) is 11.4 Å². The summed E-state index contributed by atoms with van der Waals surface area (Å²) in [6, 6.07) is 13.1. The lowest BCUT2D eigenvalue weighted by Crippen LogP contribution is -2.18. The second-order valence-electron chi connectivity index (χ2n) is 4.92. The highest BCUT2D eigenvalue weighted by Gasteiger charge is 2.17. The summed E-state index contributed by atoms with van der Waals surface area (Å²) in [6.07, 6.45) is -0.710. The van der Waals surface area contributed by atoms with Crippen LogP contribution in [0.3, 0.4) is 0 Å². The van der Waals surface area contributed by atoms with E-state index in [0.717, 1.165) is 17.9 Å². The number of para-hydroxylation sites is 1. The summed E-state index contributed by atoms with van der Waals surface area (Å²) in [4.78, 5) is 2.08. The molecule has 0 bridgehead atoms. The molecule has 0 aliphatic rings. The van der Waals surface area contributed by atoms with Gasteiger partial charge in [0.05, 0.1) is 6.10 Å². The van der Waals surface area contributed by atoms with Crippen molar-refractivity contribution >= 4 is 11.4 Å². The molecule has 2 aromatic carbocycles. The number of nitrogens with zero attached hydrogens (tertiary/aromatic N) is 1. The summed E-state index contributed by atoms with van der Waals surface area (Å²) >= 11 is 0. The third-order valence-corrected chi connectivity index (χ3v) is 3.43. The first-order valence-electron chi connectivity index (χ1n) is 6.85. The first-order chi connectivity index (χ1) is 9.54. The fourth-order valence-electron chi connectivity index (χ4n) is 2.35. The first kappa shape index (κ1) is 14.5. The number of rotatable bonds is 4. The summed E-state index contributed by atoms with van der Waals surface area (Å²) in [7, 11) is 0. The first-order valence-corrected chi connectivity index (χ1v) is 6.85. The van der Waals surface area contributed by atoms with Crippen LogP contribution in [0, 0.1) is 12.7 Å². The van der Waals surface area contributed by atoms with Gasteiger partial charge in [-0.05, 0) is 50.6 Å². The number of anilines is 2. The average Bonchev–Trinajstić information content (AvgIpc) is 2.44. The van der Waals surface area contributed by atoms with Gasteiger partial charge in [-0.2, -0.15) is 0 Å². The van der Waals surface area contributed by atoms with Crippen LogP contribution >= 0.6 is 0 Å². The van der Waals surface area contributed by atoms with E-state index in [9.17, 15) is 9.50 Å². The summed E-state index contributed by atoms with van der Waals surface area (Å²) in [6.45, 7) is 6.18. The average molecular weight is 273 g/mol. The molecule has 0 unspecified atom stereocenters. The minimum atomic E-state index is -0.710. The maximum Gasteiger partial charge on any atom is 0.126 e. The minimum absolute atomic E-state index is 0.284. The van der Waals surface area contributed by atoms with Gasteiger partial charge in [0, 0.05) is 23.5 Å². The summed E-state index contributed by atoms with van der Waals surface area (Å²) in [5, 5.41) is 9.92. The second kappa shape index (κ2) is 6.06. The van der Waals surface area contributed by atoms with Gasteiger partial charge < -0.3 is 10.0 Å². The zero-order valence-corrected chi connectivity index (χ0v) is 12.1. The lowest BCUT2D eigenvalue weighted by molar-refractivity contribution is 0.199. The molecule has 2 rings (SSSR count). The van der Waals surface area contributed by atoms with Crippen molar-refractivity contribution in [2.24, 2.45) is 0 Å². The van der Waals surface area contributed by atoms with Crippen LogP contribution in [-0.4, -0.2) is 11.7 Å². The van der Waals surface area contributed by atoms with Crippen molar-refractivity contribution in [1.82, 2.24) is 0 Å². The Bertz CT molecular complexity index is 581. The zero-order valence-electron chi connectivity index (χ0n) is 12.1. The van der Waals surface area contributed by atoms with Crippen molar-refractivity contribution in [3.05, 3.63) is 59.4 Å². The van der Waals surface area contributed by atoms with E-state index in [1.807, 2.05) is 37.3 Å². The molecule has 0 fully saturated rings. The van der Waals surface area contributed by atoms with Gasteiger partial charge >= 0.3 is 0 Å². The molecule has 1 atom stereocenters. The Morgan fingerprint density at radius 1 is 1.20 bits per heavy atom. The smallest absolute Gasteiger partial charge is 0.126 e. The Hall–Kier alpha value is -1.87. The predicted molar refractivity (Wildman–Crippen MR) is 80.9 cm³/mol. The molecule has 0 heterocycles. The van der Waals surface area contributed by atoms with Crippen LogP contribution in [0.5, 0.6) is 0 Å². The molecule has 0 spiro atoms. The van der Waals surface area contributed by atoms with Crippen LogP contribution in [0.25, 0.3) is 0 Å². The molecule has 2 aromatic rings. The van der Waals surface area contributed by atoms with E-state index in [0.29, 0.717) is 11.1 Å². The molecular weight excluding hydrogens is 253 g/mol. The number of aliphatic hydroxyl groups excluding tert-OH is 1. The third kappa shape index (κ3) is 2.83. The van der Waals surface area contributed by atoms with Crippen LogP contribution in [-0.2, 0) is 0 Å². The highest BCUT2D eigenvalue weighted by Crippen LogP contribution is 2.33. The van der Waals surface area contributed by atoms with E-state index in [1.165, 1.54) is 6.07 Å². The van der Waals surface area contributed by atoms with Crippen LogP contribution in [0.15, 0.2) is 42.5 Å². The van der Waals surface area contributed by atoms with Gasteiger partial charge in [-0.15, -0.1) is 0 Å². The Labute approximate surface area is 119 Å². The summed E-state index contributed by atoms with van der Waals surface area (Å²) in [5.41, 5.74) is 3.08. The number of benzene rings is 2. The van der Waals surface area contributed by atoms with E-state index in [4.69, 9.17) is 0 Å². The normalized spacial score (nSPS) is 12.2. The monoisotopic (exact) mass is 273 g/mol. The molecule has 0 aliphatic heterocycles. The fraction of sp³-hybridized carbons (Fsp3) is 0.294. The fourth-order valence-corrected chi connectivity index (χ4v) is 2.35. The largest absolute Gasteiger partial charge is 0.389 e. The van der Waals surface area contributed by atoms with E-state index in [1.54, 1.807) is 19.9 Å². The molecular formula is C17H20FNO. The van der Waals surface area contributed by atoms with Gasteiger partial charge in [0.25, 0.3) is 0 Å². The van der Waals surface area contributed by atoms with E-state index >= 15 is 0 Å². The Morgan fingerprint density at radius 2 is 1.85 bits per heavy atom. The van der Waals surface area contributed by atoms with E-state index < -0.39 is 6.10 Å². The van der Waals surface area contributed by atoms with Crippen LogP contribution < -0.4 is 4.90 Å². The number of hydrogen-bond donors (Lipinski definition) is 1. The summed E-state index contributed by atoms with van der Waals surface area (Å²) in [5.74, 6) is -0.284. The van der Waals surface area contributed by atoms with E-state index in [-0.39, 0.29) is 5.82 Å². The summed E-state index contributed by atoms with van der Waals surface area (Å²) < 4.78 is 13.8. The van der Waals surface area contributed by atoms with Crippen molar-refractivity contribution < 1.29 is 9.50 Å². The van der Waals surface area contributed by atoms with E-state index in [2.05, 4.69) is 4.90 Å². The Morgan fingerprint density at radius 3 is 2.40 bits per heavy atom. The molecule has 3 heteroatoms. The van der Waals surface area contributed by atoms with Crippen molar-refractivity contribution in [3.63, 3.8) is 0 Å². The highest BCUT2D eigenvalue weighted by atomic mass is 19.1. The van der Waals surface area contributed by atoms with Crippen molar-refractivity contribution in [2.45, 2.75) is 26.9 Å². The molecule has 106 valence electrons. The molecule has 0 aromatic heterocycles. The van der Waals surface area contributed by atoms with Crippen LogP contribution in [0.2, 0.25) is 0 Å². The molecule has 2 nitrogen and oxygen atoms in total. The zero-order chi connectivity index (χ0) is 14.7. The predicted octanol–water partition coefficient (Wildman–Crippen LogP) is 4.35. The maximum atomic E-state index is 13.8. The number of aryl methyl sites for hydroxylation is 1. The quantitative estimate of drug-likeness (QED) is 0.895. The molecule has 1 N–H and O–H groups in total. The van der Waals surface area contributed by atoms with Gasteiger partial charge in [0.2, 0.25) is 0 Å². The van der Waals surface area contributed by atoms with Crippen molar-refractivity contribution in [1.29, 1.82) is 0 Å². The molecule has 0 amide bonds. The highest BCUT2D eigenvalue weighted by molar-refractivity contribution is 5.67. The Balaban J connectivity index is 2.57. The SMILES string of the molecule is CCN(c1ccccc1)c1cc(C)c(F)cc1[C@H](C)O. The third-order valence-electron chi connectivity index (χ3n) is 3.43. The second-order valence-corrected chi connectivity index (χ2v) is 4.92. The lowest BCUT2D eigenvalue weighted by atomic mass is 10.0. The topological polar surface area (TPSA) is 23.5 Å². The maximum absolute atomic E-state index is 13.8. The molecule has 0 radical (unpaired) electrons. The molecule has 0 saturated heterocycles. The molecule has 0 aliphatic carbocycles. The minimum Gasteiger partial charge on any atom is -0.389 e. The van der Waals surface area contributed by atoms with Gasteiger partial charge in [0.1, 0.15) is 5.82 Å². The van der Waals surface area contributed by atoms with Gasteiger partial charge in [-0.25, -0.2) is 4.39 Å². The van der Waals surface area contributed by atoms with Gasteiger partial charge in [-0.3, -0.25) is 0 Å².